The Kier molecular flexibility index (Phi) is 10.6. The number of hydrogen-bond donors (Lipinski definition) is 1. The van der Waals surface area contributed by atoms with Crippen molar-refractivity contribution < 1.29 is 41.3 Å². The summed E-state index contributed by atoms with van der Waals surface area (Å²) in [5.41, 5.74) is 1.67. The minimum Gasteiger partial charge on any atom is -0.481 e. The molecule has 1 aromatic carbocycles. The maximum Gasteiger partial charge on any atom is 0.310 e. The van der Waals surface area contributed by atoms with Gasteiger partial charge in [0.25, 0.3) is 6.43 Å². The number of aromatic nitrogens is 4. The second-order valence-corrected chi connectivity index (χ2v) is 17.5. The molecule has 2 saturated heterocycles. The first-order valence-corrected chi connectivity index (χ1v) is 20.1. The number of likely N-dealkylation sites (tertiary alicyclic amines) is 1. The van der Waals surface area contributed by atoms with E-state index in [0.717, 1.165) is 25.2 Å². The van der Waals surface area contributed by atoms with Crippen LogP contribution >= 0.6 is 0 Å². The van der Waals surface area contributed by atoms with Gasteiger partial charge in [-0.1, -0.05) is 18.2 Å². The summed E-state index contributed by atoms with van der Waals surface area (Å²) in [6.45, 7) is 12.6. The molecule has 7 rings (SSSR count). The van der Waals surface area contributed by atoms with Crippen molar-refractivity contribution in [1.82, 2.24) is 28.8 Å². The lowest BCUT2D eigenvalue weighted by atomic mass is 9.70. The Labute approximate surface area is 319 Å². The predicted molar refractivity (Wildman–Crippen MR) is 198 cm³/mol. The number of carboxylic acid groups (broad SMARTS) is 1. The molecule has 3 aliphatic rings. The Morgan fingerprint density at radius 2 is 1.78 bits per heavy atom. The van der Waals surface area contributed by atoms with E-state index in [4.69, 9.17) is 14.2 Å². The van der Waals surface area contributed by atoms with Crippen LogP contribution in [0.3, 0.4) is 0 Å². The zero-order chi connectivity index (χ0) is 39.3. The van der Waals surface area contributed by atoms with Crippen molar-refractivity contribution in [3.63, 3.8) is 0 Å². The van der Waals surface area contributed by atoms with Crippen molar-refractivity contribution in [2.75, 3.05) is 46.0 Å². The number of hydrogen-bond acceptors (Lipinski definition) is 10. The van der Waals surface area contributed by atoms with Gasteiger partial charge in [-0.2, -0.15) is 9.29 Å². The third-order valence-electron chi connectivity index (χ3n) is 11.5. The molecule has 0 radical (unpaired) electrons. The molecule has 1 spiro atoms. The molecule has 1 N–H and O–H groups in total. The number of aliphatic carboxylic acids is 1. The van der Waals surface area contributed by atoms with Crippen LogP contribution in [0.15, 0.2) is 41.4 Å². The molecule has 0 amide bonds. The van der Waals surface area contributed by atoms with E-state index >= 15 is 0 Å². The molecule has 0 bridgehead atoms. The van der Waals surface area contributed by atoms with Crippen LogP contribution in [-0.2, 0) is 26.1 Å². The molecule has 55 heavy (non-hydrogen) atoms. The quantitative estimate of drug-likeness (QED) is 0.196. The van der Waals surface area contributed by atoms with E-state index in [2.05, 4.69) is 20.1 Å². The van der Waals surface area contributed by atoms with Gasteiger partial charge in [0.15, 0.2) is 5.65 Å². The van der Waals surface area contributed by atoms with Crippen molar-refractivity contribution in [1.29, 1.82) is 0 Å². The van der Waals surface area contributed by atoms with E-state index in [0.29, 0.717) is 66.4 Å². The number of halogens is 2. The Balaban J connectivity index is 1.27. The molecule has 13 nitrogen and oxygen atoms in total. The van der Waals surface area contributed by atoms with Crippen molar-refractivity contribution in [2.24, 2.45) is 5.41 Å². The summed E-state index contributed by atoms with van der Waals surface area (Å²) in [7, 11) is -4.18. The number of pyridine rings is 2. The molecule has 296 valence electrons. The number of nitrogens with zero attached hydrogens (tertiary/aromatic N) is 6. The second-order valence-electron chi connectivity index (χ2n) is 15.6. The average Bonchev–Trinajstić information content (AvgIpc) is 3.81. The predicted octanol–water partition coefficient (Wildman–Crippen LogP) is 5.84. The van der Waals surface area contributed by atoms with Crippen LogP contribution in [0.25, 0.3) is 5.65 Å². The van der Waals surface area contributed by atoms with Gasteiger partial charge < -0.3 is 19.3 Å². The van der Waals surface area contributed by atoms with Gasteiger partial charge in [0.05, 0.1) is 25.2 Å². The van der Waals surface area contributed by atoms with Gasteiger partial charge in [0.2, 0.25) is 27.6 Å². The van der Waals surface area contributed by atoms with E-state index in [9.17, 15) is 27.1 Å². The van der Waals surface area contributed by atoms with Gasteiger partial charge >= 0.3 is 5.97 Å². The van der Waals surface area contributed by atoms with Gasteiger partial charge in [-0.25, -0.2) is 17.2 Å². The highest BCUT2D eigenvalue weighted by Gasteiger charge is 2.46. The lowest BCUT2D eigenvalue weighted by Gasteiger charge is -2.38. The lowest BCUT2D eigenvalue weighted by Crippen LogP contribution is -2.50. The van der Waals surface area contributed by atoms with Crippen LogP contribution in [0.1, 0.15) is 91.1 Å². The van der Waals surface area contributed by atoms with E-state index < -0.39 is 45.2 Å². The first-order valence-electron chi connectivity index (χ1n) is 18.7. The first kappa shape index (κ1) is 39.0. The molecule has 3 aliphatic heterocycles. The summed E-state index contributed by atoms with van der Waals surface area (Å²) in [6, 6.07) is 8.74. The van der Waals surface area contributed by atoms with E-state index in [-0.39, 0.29) is 29.5 Å². The lowest BCUT2D eigenvalue weighted by molar-refractivity contribution is -0.147. The molecule has 2 fully saturated rings. The monoisotopic (exact) mass is 782 g/mol. The summed E-state index contributed by atoms with van der Waals surface area (Å²) in [4.78, 5) is 19.8. The minimum absolute atomic E-state index is 0.00858. The van der Waals surface area contributed by atoms with Crippen LogP contribution in [0.4, 0.5) is 8.78 Å². The van der Waals surface area contributed by atoms with Crippen LogP contribution in [0.2, 0.25) is 0 Å². The summed E-state index contributed by atoms with van der Waals surface area (Å²) < 4.78 is 77.9. The molecule has 4 aromatic rings. The number of carboxylic acids is 1. The van der Waals surface area contributed by atoms with Crippen molar-refractivity contribution >= 4 is 21.6 Å². The largest absolute Gasteiger partial charge is 0.481 e. The van der Waals surface area contributed by atoms with E-state index in [1.165, 1.54) is 27.7 Å². The van der Waals surface area contributed by atoms with E-state index in [1.54, 1.807) is 39.8 Å². The molecule has 0 saturated carbocycles. The normalized spacial score (nSPS) is 19.3. The fourth-order valence-corrected chi connectivity index (χ4v) is 9.71. The Morgan fingerprint density at radius 3 is 2.47 bits per heavy atom. The molecule has 0 aliphatic carbocycles. The molecule has 3 aromatic heterocycles. The number of aryl methyl sites for hydroxylation is 3. The number of sulfonamides is 1. The number of rotatable bonds is 11. The molecular weight excluding hydrogens is 735 g/mol. The van der Waals surface area contributed by atoms with Gasteiger partial charge in [0, 0.05) is 43.6 Å². The number of benzene rings is 1. The van der Waals surface area contributed by atoms with Gasteiger partial charge in [-0.3, -0.25) is 14.1 Å². The van der Waals surface area contributed by atoms with Crippen LogP contribution in [0.5, 0.6) is 11.8 Å². The highest BCUT2D eigenvalue weighted by atomic mass is 32.2. The molecule has 1 atom stereocenters. The molecular formula is C39H48F2N6O7S. The van der Waals surface area contributed by atoms with Gasteiger partial charge in [-0.15, -0.1) is 10.2 Å². The zero-order valence-electron chi connectivity index (χ0n) is 31.8. The second kappa shape index (κ2) is 15.0. The maximum atomic E-state index is 14.7. The van der Waals surface area contributed by atoms with E-state index in [1.807, 2.05) is 25.1 Å². The Hall–Kier alpha value is -4.25. The summed E-state index contributed by atoms with van der Waals surface area (Å²) in [5.74, 6) is -2.00. The fraction of sp³-hybridized carbons (Fsp3) is 0.538. The van der Waals surface area contributed by atoms with Crippen molar-refractivity contribution in [3.8, 4) is 11.8 Å². The fourth-order valence-electron chi connectivity index (χ4n) is 8.08. The summed E-state index contributed by atoms with van der Waals surface area (Å²) in [6.07, 6.45) is 1.82. The number of ether oxygens (including phenoxy) is 3. The SMILES string of the molecule is Cc1ccc(C(c2ccn3c(C(F)F)nnc3c2C)C(C)(C)C(=O)O)cc1CN1CC2(CCOCC2)Oc2nc(OCCN3CCCC3)c(C)cc2S1(=O)=O. The average molecular weight is 783 g/mol. The zero-order valence-corrected chi connectivity index (χ0v) is 32.7. The molecule has 1 unspecified atom stereocenters. The maximum absolute atomic E-state index is 14.7. The first-order chi connectivity index (χ1) is 26.1. The molecule has 16 heteroatoms. The number of fused-ring (bicyclic) bond motifs is 2. The van der Waals surface area contributed by atoms with Crippen molar-refractivity contribution in [2.45, 2.75) is 89.7 Å². The Morgan fingerprint density at radius 1 is 1.05 bits per heavy atom. The summed E-state index contributed by atoms with van der Waals surface area (Å²) in [5, 5.41) is 18.2. The Bertz CT molecular complexity index is 2200. The van der Waals surface area contributed by atoms with Crippen LogP contribution < -0.4 is 9.47 Å². The third kappa shape index (κ3) is 7.41. The minimum atomic E-state index is -4.18. The number of alkyl halides is 2. The van der Waals surface area contributed by atoms with Crippen LogP contribution in [-0.4, -0.2) is 99.9 Å². The van der Waals surface area contributed by atoms with Gasteiger partial charge in [0.1, 0.15) is 17.1 Å². The highest BCUT2D eigenvalue weighted by Crippen LogP contribution is 2.45. The smallest absolute Gasteiger partial charge is 0.310 e. The number of carbonyl (C=O) groups is 1. The van der Waals surface area contributed by atoms with Crippen molar-refractivity contribution in [3.05, 3.63) is 75.7 Å². The molecule has 6 heterocycles. The van der Waals surface area contributed by atoms with Crippen LogP contribution in [0, 0.1) is 26.2 Å². The van der Waals surface area contributed by atoms with Gasteiger partial charge in [-0.05, 0) is 100 Å². The topological polar surface area (TPSA) is 149 Å². The standard InChI is InChI=1S/C39H48F2N6O7S/c1-24-8-9-27(31(38(4,5)37(48)49)29-10-15-47-33(26(29)3)43-44-34(47)32(40)41)21-28(24)22-46-23-39(11-17-52-18-12-39)54-36-30(55(46,50)51)20-25(2)35(42-36)53-19-16-45-13-6-7-14-45/h8-10,15,20-21,31-32H,6-7,11-14,16-19,22-23H2,1-5H3,(H,48,49). The third-order valence-corrected chi connectivity index (χ3v) is 13.3. The summed E-state index contributed by atoms with van der Waals surface area (Å²) >= 11 is 0. The highest BCUT2D eigenvalue weighted by molar-refractivity contribution is 7.89.